The van der Waals surface area contributed by atoms with Gasteiger partial charge >= 0.3 is 6.03 Å². The molecule has 0 bridgehead atoms. The number of urea groups is 1. The average molecular weight is 315 g/mol. The zero-order valence-corrected chi connectivity index (χ0v) is 13.3. The van der Waals surface area contributed by atoms with Gasteiger partial charge in [0, 0.05) is 43.4 Å². The Balaban J connectivity index is 1.40. The summed E-state index contributed by atoms with van der Waals surface area (Å²) >= 11 is 0. The number of rotatable bonds is 4. The zero-order valence-electron chi connectivity index (χ0n) is 13.3. The molecule has 1 aromatic rings. The number of carbonyl (C=O) groups excluding carboxylic acids is 1. The summed E-state index contributed by atoms with van der Waals surface area (Å²) in [6.45, 7) is 2.07. The van der Waals surface area contributed by atoms with Gasteiger partial charge in [-0.3, -0.25) is 0 Å². The molecular formula is C18H25N3O2. The number of para-hydroxylation sites is 1. The summed E-state index contributed by atoms with van der Waals surface area (Å²) in [5.41, 5.74) is 1.25. The van der Waals surface area contributed by atoms with Crippen LogP contribution in [0.25, 0.3) is 0 Å². The lowest BCUT2D eigenvalue weighted by molar-refractivity contribution is 0.226. The molecule has 1 aromatic carbocycles. The standard InChI is InChI=1S/C18H25N3O2/c22-13-14-6-7-16(12-14)20-18(23)19-15-8-10-21(11-9-15)17-4-2-1-3-5-17/h1-7,14-16,22H,8-13H2,(H2,19,20,23)/t14-,16+/m0/s1. The number of benzene rings is 1. The highest BCUT2D eigenvalue weighted by Crippen LogP contribution is 2.20. The number of amides is 2. The van der Waals surface area contributed by atoms with Crippen LogP contribution in [-0.4, -0.2) is 42.9 Å². The van der Waals surface area contributed by atoms with Gasteiger partial charge in [0.2, 0.25) is 0 Å². The van der Waals surface area contributed by atoms with Gasteiger partial charge in [-0.1, -0.05) is 30.4 Å². The van der Waals surface area contributed by atoms with Crippen LogP contribution in [0.3, 0.4) is 0 Å². The number of hydrogen-bond acceptors (Lipinski definition) is 3. The summed E-state index contributed by atoms with van der Waals surface area (Å²) in [5.74, 6) is 0.175. The second-order valence-electron chi connectivity index (χ2n) is 6.38. The fraction of sp³-hybridized carbons (Fsp3) is 0.500. The van der Waals surface area contributed by atoms with Crippen LogP contribution in [0.15, 0.2) is 42.5 Å². The van der Waals surface area contributed by atoms with E-state index in [0.717, 1.165) is 32.4 Å². The van der Waals surface area contributed by atoms with Gasteiger partial charge in [-0.25, -0.2) is 4.79 Å². The van der Waals surface area contributed by atoms with Crippen LogP contribution in [0, 0.1) is 5.92 Å². The molecule has 0 unspecified atom stereocenters. The third-order valence-electron chi connectivity index (χ3n) is 4.67. The van der Waals surface area contributed by atoms with Gasteiger partial charge in [-0.2, -0.15) is 0 Å². The van der Waals surface area contributed by atoms with Crippen molar-refractivity contribution < 1.29 is 9.90 Å². The predicted octanol–water partition coefficient (Wildman–Crippen LogP) is 1.89. The minimum atomic E-state index is -0.101. The maximum absolute atomic E-state index is 12.1. The Hall–Kier alpha value is -2.01. The summed E-state index contributed by atoms with van der Waals surface area (Å²) in [7, 11) is 0. The maximum atomic E-state index is 12.1. The van der Waals surface area contributed by atoms with E-state index in [1.54, 1.807) is 0 Å². The monoisotopic (exact) mass is 315 g/mol. The van der Waals surface area contributed by atoms with Gasteiger partial charge in [-0.15, -0.1) is 0 Å². The zero-order chi connectivity index (χ0) is 16.1. The Bertz CT molecular complexity index is 538. The smallest absolute Gasteiger partial charge is 0.315 e. The lowest BCUT2D eigenvalue weighted by atomic mass is 10.0. The summed E-state index contributed by atoms with van der Waals surface area (Å²) in [5, 5.41) is 15.2. The first-order valence-electron chi connectivity index (χ1n) is 8.41. The van der Waals surface area contributed by atoms with E-state index in [1.807, 2.05) is 18.2 Å². The number of aliphatic hydroxyl groups excluding tert-OH is 1. The van der Waals surface area contributed by atoms with Crippen molar-refractivity contribution in [1.82, 2.24) is 10.6 Å². The van der Waals surface area contributed by atoms with Crippen molar-refractivity contribution in [2.75, 3.05) is 24.6 Å². The first kappa shape index (κ1) is 15.9. The first-order valence-corrected chi connectivity index (χ1v) is 8.41. The molecule has 2 amide bonds. The van der Waals surface area contributed by atoms with Gasteiger partial charge < -0.3 is 20.6 Å². The molecule has 3 rings (SSSR count). The van der Waals surface area contributed by atoms with E-state index in [1.165, 1.54) is 5.69 Å². The maximum Gasteiger partial charge on any atom is 0.315 e. The minimum absolute atomic E-state index is 0.0385. The highest BCUT2D eigenvalue weighted by Gasteiger charge is 2.23. The largest absolute Gasteiger partial charge is 0.396 e. The van der Waals surface area contributed by atoms with Gasteiger partial charge in [0.15, 0.2) is 0 Å². The van der Waals surface area contributed by atoms with Gasteiger partial charge in [0.25, 0.3) is 0 Å². The number of hydrogen-bond donors (Lipinski definition) is 3. The lowest BCUT2D eigenvalue weighted by Crippen LogP contribution is -2.49. The summed E-state index contributed by atoms with van der Waals surface area (Å²) in [6.07, 6.45) is 6.66. The van der Waals surface area contributed by atoms with Crippen molar-refractivity contribution in [3.05, 3.63) is 42.5 Å². The van der Waals surface area contributed by atoms with E-state index in [0.29, 0.717) is 0 Å². The van der Waals surface area contributed by atoms with Crippen molar-refractivity contribution in [2.24, 2.45) is 5.92 Å². The van der Waals surface area contributed by atoms with Crippen molar-refractivity contribution in [2.45, 2.75) is 31.3 Å². The highest BCUT2D eigenvalue weighted by atomic mass is 16.3. The summed E-state index contributed by atoms with van der Waals surface area (Å²) in [6, 6.07) is 10.6. The van der Waals surface area contributed by atoms with Gasteiger partial charge in [-0.05, 0) is 31.4 Å². The van der Waals surface area contributed by atoms with Crippen molar-refractivity contribution in [1.29, 1.82) is 0 Å². The molecule has 1 heterocycles. The van der Waals surface area contributed by atoms with Crippen molar-refractivity contribution in [3.8, 4) is 0 Å². The molecular weight excluding hydrogens is 290 g/mol. The molecule has 1 aliphatic carbocycles. The molecule has 1 fully saturated rings. The lowest BCUT2D eigenvalue weighted by Gasteiger charge is -2.34. The summed E-state index contributed by atoms with van der Waals surface area (Å²) < 4.78 is 0. The SMILES string of the molecule is O=C(NC1CCN(c2ccccc2)CC1)N[C@@H]1C=C[C@H](CO)C1. The van der Waals surface area contributed by atoms with E-state index in [2.05, 4.69) is 39.8 Å². The number of anilines is 1. The Morgan fingerprint density at radius 1 is 1.13 bits per heavy atom. The average Bonchev–Trinajstić information content (AvgIpc) is 3.04. The fourth-order valence-corrected chi connectivity index (χ4v) is 3.33. The van der Waals surface area contributed by atoms with E-state index < -0.39 is 0 Å². The van der Waals surface area contributed by atoms with Crippen LogP contribution in [0.2, 0.25) is 0 Å². The molecule has 1 saturated heterocycles. The molecule has 5 nitrogen and oxygen atoms in total. The Kier molecular flexibility index (Phi) is 5.18. The normalized spacial score (nSPS) is 24.7. The van der Waals surface area contributed by atoms with Crippen LogP contribution in [0.5, 0.6) is 0 Å². The van der Waals surface area contributed by atoms with Crippen LogP contribution < -0.4 is 15.5 Å². The quantitative estimate of drug-likeness (QED) is 0.744. The van der Waals surface area contributed by atoms with Crippen molar-refractivity contribution in [3.63, 3.8) is 0 Å². The molecule has 0 radical (unpaired) electrons. The molecule has 124 valence electrons. The Morgan fingerprint density at radius 3 is 2.52 bits per heavy atom. The Morgan fingerprint density at radius 2 is 1.87 bits per heavy atom. The van der Waals surface area contributed by atoms with E-state index in [4.69, 9.17) is 5.11 Å². The molecule has 3 N–H and O–H groups in total. The van der Waals surface area contributed by atoms with Crippen LogP contribution >= 0.6 is 0 Å². The van der Waals surface area contributed by atoms with Crippen molar-refractivity contribution >= 4 is 11.7 Å². The summed E-state index contributed by atoms with van der Waals surface area (Å²) in [4.78, 5) is 14.4. The molecule has 0 aromatic heterocycles. The third-order valence-corrected chi connectivity index (χ3v) is 4.67. The fourth-order valence-electron chi connectivity index (χ4n) is 3.33. The van der Waals surface area contributed by atoms with Gasteiger partial charge in [0.05, 0.1) is 0 Å². The second-order valence-corrected chi connectivity index (χ2v) is 6.38. The van der Waals surface area contributed by atoms with Crippen LogP contribution in [-0.2, 0) is 0 Å². The highest BCUT2D eigenvalue weighted by molar-refractivity contribution is 5.75. The Labute approximate surface area is 137 Å². The number of aliphatic hydroxyl groups is 1. The predicted molar refractivity (Wildman–Crippen MR) is 91.5 cm³/mol. The minimum Gasteiger partial charge on any atom is -0.396 e. The number of nitrogens with zero attached hydrogens (tertiary/aromatic N) is 1. The third kappa shape index (κ3) is 4.26. The molecule has 1 aliphatic heterocycles. The molecule has 0 saturated carbocycles. The number of piperidine rings is 1. The van der Waals surface area contributed by atoms with E-state index >= 15 is 0 Å². The van der Waals surface area contributed by atoms with E-state index in [-0.39, 0.29) is 30.6 Å². The first-order chi connectivity index (χ1) is 11.2. The van der Waals surface area contributed by atoms with Crippen LogP contribution in [0.1, 0.15) is 19.3 Å². The topological polar surface area (TPSA) is 64.6 Å². The number of nitrogens with one attached hydrogen (secondary N) is 2. The molecule has 2 atom stereocenters. The number of carbonyl (C=O) groups is 1. The van der Waals surface area contributed by atoms with E-state index in [9.17, 15) is 4.79 Å². The van der Waals surface area contributed by atoms with Crippen LogP contribution in [0.4, 0.5) is 10.5 Å². The molecule has 23 heavy (non-hydrogen) atoms. The molecule has 0 spiro atoms. The second kappa shape index (κ2) is 7.51. The molecule has 2 aliphatic rings. The van der Waals surface area contributed by atoms with Gasteiger partial charge in [0.1, 0.15) is 0 Å². The molecule has 5 heteroatoms.